The molecule has 0 spiro atoms. The Morgan fingerprint density at radius 1 is 0.167 bits per heavy atom. The molecule has 0 saturated heterocycles. The zero-order chi connectivity index (χ0) is 39.3. The molecule has 13 aromatic carbocycles. The molecule has 0 aliphatic rings. The molecule has 276 valence electrons. The molecular weight excluding hydrogens is 721 g/mol. The summed E-state index contributed by atoms with van der Waals surface area (Å²) in [6, 6.07) is 81.6. The lowest BCUT2D eigenvalue weighted by molar-refractivity contribution is 1.62. The van der Waals surface area contributed by atoms with Crippen molar-refractivity contribution in [3.05, 3.63) is 218 Å². The zero-order valence-electron chi connectivity index (χ0n) is 32.8. The van der Waals surface area contributed by atoms with Crippen LogP contribution < -0.4 is 0 Å². The number of hydrogen-bond acceptors (Lipinski definition) is 0. The van der Waals surface area contributed by atoms with E-state index in [1.54, 1.807) is 0 Å². The minimum Gasteiger partial charge on any atom is -0.0616 e. The van der Waals surface area contributed by atoms with Crippen molar-refractivity contribution in [1.82, 2.24) is 0 Å². The van der Waals surface area contributed by atoms with Gasteiger partial charge in [-0.15, -0.1) is 0 Å². The molecule has 0 radical (unpaired) electrons. The summed E-state index contributed by atoms with van der Waals surface area (Å²) in [6.45, 7) is 0. The lowest BCUT2D eigenvalue weighted by Crippen LogP contribution is -1.94. The summed E-state index contributed by atoms with van der Waals surface area (Å²) in [5.41, 5.74) is 9.97. The summed E-state index contributed by atoms with van der Waals surface area (Å²) in [4.78, 5) is 0. The van der Waals surface area contributed by atoms with Gasteiger partial charge in [-0.1, -0.05) is 194 Å². The van der Waals surface area contributed by atoms with Crippen LogP contribution in [0, 0.1) is 0 Å². The molecule has 0 saturated carbocycles. The van der Waals surface area contributed by atoms with Gasteiger partial charge in [-0.2, -0.15) is 0 Å². The molecule has 0 heteroatoms. The second kappa shape index (κ2) is 12.9. The first kappa shape index (κ1) is 33.2. The third-order valence-electron chi connectivity index (χ3n) is 13.2. The summed E-state index contributed by atoms with van der Waals surface area (Å²) in [6.07, 6.45) is 0. The summed E-state index contributed by atoms with van der Waals surface area (Å²) < 4.78 is 0. The molecule has 0 amide bonds. The number of hydrogen-bond donors (Lipinski definition) is 0. The van der Waals surface area contributed by atoms with Crippen molar-refractivity contribution in [3.8, 4) is 44.5 Å². The fraction of sp³-hybridized carbons (Fsp3) is 0. The Hall–Kier alpha value is -7.80. The van der Waals surface area contributed by atoms with E-state index < -0.39 is 0 Å². The van der Waals surface area contributed by atoms with Crippen LogP contribution in [-0.2, 0) is 0 Å². The van der Waals surface area contributed by atoms with Crippen LogP contribution in [-0.4, -0.2) is 0 Å². The molecule has 0 heterocycles. The van der Waals surface area contributed by atoms with Crippen LogP contribution in [0.15, 0.2) is 218 Å². The second-order valence-electron chi connectivity index (χ2n) is 16.3. The van der Waals surface area contributed by atoms with E-state index in [0.717, 1.165) is 0 Å². The van der Waals surface area contributed by atoms with Crippen molar-refractivity contribution < 1.29 is 0 Å². The van der Waals surface area contributed by atoms with Crippen LogP contribution in [0.3, 0.4) is 0 Å². The van der Waals surface area contributed by atoms with Gasteiger partial charge in [0.1, 0.15) is 0 Å². The van der Waals surface area contributed by atoms with Crippen LogP contribution >= 0.6 is 0 Å². The maximum atomic E-state index is 2.50. The zero-order valence-corrected chi connectivity index (χ0v) is 32.8. The van der Waals surface area contributed by atoms with Crippen molar-refractivity contribution in [2.24, 2.45) is 0 Å². The molecule has 0 atom stereocenters. The average molecular weight is 757 g/mol. The lowest BCUT2D eigenvalue weighted by atomic mass is 9.81. The predicted octanol–water partition coefficient (Wildman–Crippen LogP) is 17.0. The molecule has 0 fully saturated rings. The number of fused-ring (bicyclic) bond motifs is 7. The predicted molar refractivity (Wildman–Crippen MR) is 259 cm³/mol. The first-order valence-corrected chi connectivity index (χ1v) is 20.9. The standard InChI is InChI=1S/C60H36/c1-2-14-39-33-42(26-25-37(39)13-1)45-19-7-8-22-48(45)57-36-58(56-35-41-16-4-6-18-44(41)47-21-10-12-24-50(47)56)53-30-28-38-27-29-51(52-31-32-54(57)60(53)59(38)52)55-34-40-15-3-5-17-43(40)46-20-9-11-23-49(46)55/h1-36H. The average Bonchev–Trinajstić information content (AvgIpc) is 3.32. The van der Waals surface area contributed by atoms with E-state index in [4.69, 9.17) is 0 Å². The highest BCUT2D eigenvalue weighted by Gasteiger charge is 2.22. The van der Waals surface area contributed by atoms with E-state index >= 15 is 0 Å². The van der Waals surface area contributed by atoms with E-state index in [0.29, 0.717) is 0 Å². The van der Waals surface area contributed by atoms with Crippen LogP contribution in [0.4, 0.5) is 0 Å². The van der Waals surface area contributed by atoms with Gasteiger partial charge in [0, 0.05) is 0 Å². The summed E-state index contributed by atoms with van der Waals surface area (Å²) in [7, 11) is 0. The second-order valence-corrected chi connectivity index (χ2v) is 16.3. The van der Waals surface area contributed by atoms with Gasteiger partial charge in [-0.25, -0.2) is 0 Å². The Labute approximate surface area is 347 Å². The first-order valence-electron chi connectivity index (χ1n) is 20.9. The van der Waals surface area contributed by atoms with Gasteiger partial charge in [-0.05, 0) is 155 Å². The molecule has 0 bridgehead atoms. The van der Waals surface area contributed by atoms with Gasteiger partial charge in [-0.3, -0.25) is 0 Å². The number of rotatable bonds is 4. The van der Waals surface area contributed by atoms with E-state index in [9.17, 15) is 0 Å². The maximum absolute atomic E-state index is 2.50. The Morgan fingerprint density at radius 2 is 0.600 bits per heavy atom. The van der Waals surface area contributed by atoms with Crippen molar-refractivity contribution in [1.29, 1.82) is 0 Å². The van der Waals surface area contributed by atoms with Crippen molar-refractivity contribution >= 4 is 86.2 Å². The van der Waals surface area contributed by atoms with Crippen molar-refractivity contribution in [2.75, 3.05) is 0 Å². The van der Waals surface area contributed by atoms with E-state index in [1.165, 1.54) is 131 Å². The quantitative estimate of drug-likeness (QED) is 0.157. The first-order chi connectivity index (χ1) is 29.8. The molecule has 0 N–H and O–H groups in total. The monoisotopic (exact) mass is 756 g/mol. The summed E-state index contributed by atoms with van der Waals surface area (Å²) >= 11 is 0. The van der Waals surface area contributed by atoms with Gasteiger partial charge >= 0.3 is 0 Å². The molecule has 0 aliphatic heterocycles. The molecular formula is C60H36. The lowest BCUT2D eigenvalue weighted by Gasteiger charge is -2.22. The molecule has 0 aromatic heterocycles. The molecule has 13 aromatic rings. The molecule has 0 nitrogen and oxygen atoms in total. The van der Waals surface area contributed by atoms with Crippen molar-refractivity contribution in [3.63, 3.8) is 0 Å². The van der Waals surface area contributed by atoms with Crippen LogP contribution in [0.1, 0.15) is 0 Å². The minimum absolute atomic E-state index is 1.22. The smallest absolute Gasteiger partial charge is 0.00141 e. The summed E-state index contributed by atoms with van der Waals surface area (Å²) in [5, 5.41) is 20.4. The Balaban J connectivity index is 1.17. The van der Waals surface area contributed by atoms with Gasteiger partial charge in [0.25, 0.3) is 0 Å². The van der Waals surface area contributed by atoms with Gasteiger partial charge in [0.05, 0.1) is 0 Å². The fourth-order valence-corrected chi connectivity index (χ4v) is 10.5. The minimum atomic E-state index is 1.22. The maximum Gasteiger partial charge on any atom is -0.00141 e. The van der Waals surface area contributed by atoms with Crippen LogP contribution in [0.25, 0.3) is 131 Å². The SMILES string of the molecule is c1ccc(-c2cc(-c3cc4ccccc4c4ccccc34)c3ccc4ccc(-c5cc6ccccc6c6ccccc56)c5ccc2c3c45)c(-c2ccc3ccccc3c2)c1. The van der Waals surface area contributed by atoms with Gasteiger partial charge < -0.3 is 0 Å². The number of benzene rings is 13. The van der Waals surface area contributed by atoms with Crippen LogP contribution in [0.5, 0.6) is 0 Å². The third-order valence-corrected chi connectivity index (χ3v) is 13.2. The van der Waals surface area contributed by atoms with E-state index in [-0.39, 0.29) is 0 Å². The highest BCUT2D eigenvalue weighted by Crippen LogP contribution is 2.50. The highest BCUT2D eigenvalue weighted by molar-refractivity contribution is 6.32. The highest BCUT2D eigenvalue weighted by atomic mass is 14.2. The Kier molecular flexibility index (Phi) is 7.11. The topological polar surface area (TPSA) is 0 Å². The molecule has 13 rings (SSSR count). The third kappa shape index (κ3) is 4.86. The van der Waals surface area contributed by atoms with E-state index in [2.05, 4.69) is 218 Å². The van der Waals surface area contributed by atoms with Crippen LogP contribution in [0.2, 0.25) is 0 Å². The van der Waals surface area contributed by atoms with E-state index in [1.807, 2.05) is 0 Å². The molecule has 0 unspecified atom stereocenters. The largest absolute Gasteiger partial charge is 0.0616 e. The molecule has 60 heavy (non-hydrogen) atoms. The molecule has 0 aliphatic carbocycles. The summed E-state index contributed by atoms with van der Waals surface area (Å²) in [5.74, 6) is 0. The van der Waals surface area contributed by atoms with Gasteiger partial charge in [0.15, 0.2) is 0 Å². The normalized spacial score (nSPS) is 12.0. The fourth-order valence-electron chi connectivity index (χ4n) is 10.5. The Bertz CT molecular complexity index is 3890. The van der Waals surface area contributed by atoms with Crippen molar-refractivity contribution in [2.45, 2.75) is 0 Å². The Morgan fingerprint density at radius 3 is 1.27 bits per heavy atom. The van der Waals surface area contributed by atoms with Gasteiger partial charge in [0.2, 0.25) is 0 Å².